The highest BCUT2D eigenvalue weighted by Crippen LogP contribution is 2.20. The number of halogens is 1. The molecule has 1 aromatic rings. The fourth-order valence-corrected chi connectivity index (χ4v) is 2.43. The fraction of sp³-hybridized carbons (Fsp3) is 0.417. The van der Waals surface area contributed by atoms with Crippen LogP contribution < -0.4 is 0 Å². The van der Waals surface area contributed by atoms with E-state index in [0.717, 1.165) is 30.4 Å². The van der Waals surface area contributed by atoms with Crippen LogP contribution in [0.25, 0.3) is 0 Å². The number of nitrogens with zero attached hydrogens (tertiary/aromatic N) is 1. The minimum Gasteiger partial charge on any atom is -0.338 e. The Kier molecular flexibility index (Phi) is 3.41. The lowest BCUT2D eigenvalue weighted by atomic mass is 10.2. The van der Waals surface area contributed by atoms with Crippen LogP contribution in [-0.2, 0) is 0 Å². The van der Waals surface area contributed by atoms with Gasteiger partial charge in [-0.1, -0.05) is 34.1 Å². The Morgan fingerprint density at radius 2 is 2.13 bits per heavy atom. The van der Waals surface area contributed by atoms with E-state index in [1.165, 1.54) is 0 Å². The monoisotopic (exact) mass is 267 g/mol. The number of carbonyl (C=O) groups excluding carboxylic acids is 1. The summed E-state index contributed by atoms with van der Waals surface area (Å²) < 4.78 is 0. The molecule has 0 aromatic heterocycles. The van der Waals surface area contributed by atoms with Gasteiger partial charge >= 0.3 is 0 Å². The second-order valence-corrected chi connectivity index (χ2v) is 4.57. The van der Waals surface area contributed by atoms with Crippen molar-refractivity contribution >= 4 is 21.8 Å². The molecule has 1 fully saturated rings. The third kappa shape index (κ3) is 2.40. The van der Waals surface area contributed by atoms with Gasteiger partial charge in [-0.05, 0) is 24.5 Å². The first-order valence-corrected chi connectivity index (χ1v) is 6.33. The smallest absolute Gasteiger partial charge is 0.253 e. The van der Waals surface area contributed by atoms with Gasteiger partial charge in [0.1, 0.15) is 0 Å². The first-order chi connectivity index (χ1) is 7.31. The zero-order chi connectivity index (χ0) is 10.7. The molecule has 2 nitrogen and oxygen atoms in total. The summed E-state index contributed by atoms with van der Waals surface area (Å²) >= 11 is 3.47. The minimum atomic E-state index is 0.166. The van der Waals surface area contributed by atoms with Crippen molar-refractivity contribution in [2.75, 3.05) is 18.4 Å². The van der Waals surface area contributed by atoms with Crippen LogP contribution in [-0.4, -0.2) is 29.2 Å². The van der Waals surface area contributed by atoms with E-state index in [1.54, 1.807) is 0 Å². The van der Waals surface area contributed by atoms with Gasteiger partial charge in [-0.3, -0.25) is 4.79 Å². The van der Waals surface area contributed by atoms with Gasteiger partial charge in [0.05, 0.1) is 0 Å². The van der Waals surface area contributed by atoms with E-state index < -0.39 is 0 Å². The van der Waals surface area contributed by atoms with Gasteiger partial charge in [0.2, 0.25) is 0 Å². The summed E-state index contributed by atoms with van der Waals surface area (Å²) in [5, 5.41) is 0.992. The molecule has 3 heteroatoms. The highest BCUT2D eigenvalue weighted by atomic mass is 79.9. The van der Waals surface area contributed by atoms with Crippen molar-refractivity contribution in [2.24, 2.45) is 5.92 Å². The van der Waals surface area contributed by atoms with Crippen molar-refractivity contribution in [3.63, 3.8) is 0 Å². The van der Waals surface area contributed by atoms with Crippen LogP contribution in [0.3, 0.4) is 0 Å². The van der Waals surface area contributed by atoms with Crippen molar-refractivity contribution < 1.29 is 4.79 Å². The molecule has 1 amide bonds. The number of benzene rings is 1. The molecule has 80 valence electrons. The Labute approximate surface area is 98.4 Å². The van der Waals surface area contributed by atoms with E-state index in [-0.39, 0.29) is 5.91 Å². The highest BCUT2D eigenvalue weighted by Gasteiger charge is 2.25. The molecule has 0 bridgehead atoms. The summed E-state index contributed by atoms with van der Waals surface area (Å²) in [4.78, 5) is 14.0. The number of hydrogen-bond donors (Lipinski definition) is 0. The molecule has 1 unspecified atom stereocenters. The van der Waals surface area contributed by atoms with Crippen LogP contribution in [0.5, 0.6) is 0 Å². The summed E-state index contributed by atoms with van der Waals surface area (Å²) in [7, 11) is 0. The molecule has 1 saturated heterocycles. The van der Waals surface area contributed by atoms with E-state index in [0.29, 0.717) is 5.92 Å². The van der Waals surface area contributed by atoms with Gasteiger partial charge in [-0.2, -0.15) is 0 Å². The zero-order valence-electron chi connectivity index (χ0n) is 8.53. The number of likely N-dealkylation sites (tertiary alicyclic amines) is 1. The SMILES string of the molecule is O=C(c1ccccc1)N1CCC(CBr)C1. The molecule has 0 spiro atoms. The van der Waals surface area contributed by atoms with Crippen LogP contribution in [0.2, 0.25) is 0 Å². The quantitative estimate of drug-likeness (QED) is 0.755. The summed E-state index contributed by atoms with van der Waals surface area (Å²) in [6, 6.07) is 9.51. The molecule has 15 heavy (non-hydrogen) atoms. The fourth-order valence-electron chi connectivity index (χ4n) is 1.91. The average molecular weight is 268 g/mol. The number of amides is 1. The van der Waals surface area contributed by atoms with Crippen LogP contribution in [0.1, 0.15) is 16.8 Å². The molecule has 0 saturated carbocycles. The molecule has 1 aliphatic rings. The Bertz CT molecular complexity index is 339. The third-order valence-corrected chi connectivity index (χ3v) is 3.73. The van der Waals surface area contributed by atoms with Crippen molar-refractivity contribution in [3.8, 4) is 0 Å². The lowest BCUT2D eigenvalue weighted by molar-refractivity contribution is 0.0788. The summed E-state index contributed by atoms with van der Waals surface area (Å²) in [5.74, 6) is 0.789. The van der Waals surface area contributed by atoms with E-state index in [1.807, 2.05) is 35.2 Å². The summed E-state index contributed by atoms with van der Waals surface area (Å²) in [6.45, 7) is 1.78. The molecule has 1 aromatic carbocycles. The van der Waals surface area contributed by atoms with Crippen molar-refractivity contribution in [1.29, 1.82) is 0 Å². The van der Waals surface area contributed by atoms with Gasteiger partial charge in [-0.15, -0.1) is 0 Å². The van der Waals surface area contributed by atoms with Crippen molar-refractivity contribution in [2.45, 2.75) is 6.42 Å². The van der Waals surface area contributed by atoms with Crippen LogP contribution in [0.4, 0.5) is 0 Å². The lowest BCUT2D eigenvalue weighted by Crippen LogP contribution is -2.28. The normalized spacial score (nSPS) is 20.6. The van der Waals surface area contributed by atoms with Crippen LogP contribution >= 0.6 is 15.9 Å². The second-order valence-electron chi connectivity index (χ2n) is 3.93. The molecule has 0 N–H and O–H groups in total. The molecular formula is C12H14BrNO. The highest BCUT2D eigenvalue weighted by molar-refractivity contribution is 9.09. The standard InChI is InChI=1S/C12H14BrNO/c13-8-10-6-7-14(9-10)12(15)11-4-2-1-3-5-11/h1-5,10H,6-9H2. The van der Waals surface area contributed by atoms with Crippen molar-refractivity contribution in [1.82, 2.24) is 4.90 Å². The topological polar surface area (TPSA) is 20.3 Å². The van der Waals surface area contributed by atoms with Gasteiger partial charge < -0.3 is 4.90 Å². The van der Waals surface area contributed by atoms with Gasteiger partial charge in [0, 0.05) is 24.0 Å². The van der Waals surface area contributed by atoms with E-state index in [2.05, 4.69) is 15.9 Å². The predicted octanol–water partition coefficient (Wildman–Crippen LogP) is 2.54. The van der Waals surface area contributed by atoms with Crippen LogP contribution in [0.15, 0.2) is 30.3 Å². The predicted molar refractivity (Wildman–Crippen MR) is 64.2 cm³/mol. The Morgan fingerprint density at radius 3 is 2.73 bits per heavy atom. The first kappa shape index (κ1) is 10.7. The summed E-state index contributed by atoms with van der Waals surface area (Å²) in [6.07, 6.45) is 1.11. The van der Waals surface area contributed by atoms with Gasteiger partial charge in [-0.25, -0.2) is 0 Å². The molecule has 1 heterocycles. The summed E-state index contributed by atoms with van der Waals surface area (Å²) in [5.41, 5.74) is 0.799. The van der Waals surface area contributed by atoms with Gasteiger partial charge in [0.25, 0.3) is 5.91 Å². The molecule has 0 radical (unpaired) electrons. The Hall–Kier alpha value is -0.830. The van der Waals surface area contributed by atoms with Gasteiger partial charge in [0.15, 0.2) is 0 Å². The van der Waals surface area contributed by atoms with E-state index in [9.17, 15) is 4.79 Å². The van der Waals surface area contributed by atoms with E-state index in [4.69, 9.17) is 0 Å². The average Bonchev–Trinajstić information content (AvgIpc) is 2.78. The third-order valence-electron chi connectivity index (χ3n) is 2.81. The molecule has 1 atom stereocenters. The number of rotatable bonds is 2. The number of hydrogen-bond acceptors (Lipinski definition) is 1. The molecular weight excluding hydrogens is 254 g/mol. The maximum absolute atomic E-state index is 12.0. The van der Waals surface area contributed by atoms with Crippen molar-refractivity contribution in [3.05, 3.63) is 35.9 Å². The molecule has 0 aliphatic carbocycles. The minimum absolute atomic E-state index is 0.166. The Balaban J connectivity index is 2.04. The number of carbonyl (C=O) groups is 1. The van der Waals surface area contributed by atoms with E-state index >= 15 is 0 Å². The zero-order valence-corrected chi connectivity index (χ0v) is 10.1. The second kappa shape index (κ2) is 4.79. The number of alkyl halides is 1. The maximum Gasteiger partial charge on any atom is 0.253 e. The van der Waals surface area contributed by atoms with Crippen LogP contribution in [0, 0.1) is 5.92 Å². The maximum atomic E-state index is 12.0. The largest absolute Gasteiger partial charge is 0.338 e. The molecule has 2 rings (SSSR count). The lowest BCUT2D eigenvalue weighted by Gasteiger charge is -2.15. The Morgan fingerprint density at radius 1 is 1.40 bits per heavy atom. The first-order valence-electron chi connectivity index (χ1n) is 5.21. The molecule has 1 aliphatic heterocycles.